The Labute approximate surface area is 162 Å². The number of carbonyl (C=O) groups excluding carboxylic acids is 1. The molecule has 0 N–H and O–H groups in total. The van der Waals surface area contributed by atoms with Gasteiger partial charge in [-0.1, -0.05) is 34.6 Å². The van der Waals surface area contributed by atoms with Crippen molar-refractivity contribution in [2.45, 2.75) is 16.8 Å². The number of benzene rings is 1. The molecule has 0 spiro atoms. The van der Waals surface area contributed by atoms with Crippen LogP contribution in [0.25, 0.3) is 5.70 Å². The van der Waals surface area contributed by atoms with Crippen LogP contribution in [0.2, 0.25) is 0 Å². The van der Waals surface area contributed by atoms with Gasteiger partial charge in [-0.3, -0.25) is 4.79 Å². The van der Waals surface area contributed by atoms with E-state index in [4.69, 9.17) is 0 Å². The van der Waals surface area contributed by atoms with Crippen molar-refractivity contribution in [1.82, 2.24) is 4.90 Å². The maximum Gasteiger partial charge on any atom is 0.256 e. The number of halogens is 6. The smallest absolute Gasteiger partial charge is 0.256 e. The van der Waals surface area contributed by atoms with Gasteiger partial charge in [-0.2, -0.15) is 0 Å². The average molecular weight is 505 g/mol. The Kier molecular flexibility index (Phi) is 7.39. The van der Waals surface area contributed by atoms with Crippen molar-refractivity contribution in [2.24, 2.45) is 0 Å². The van der Waals surface area contributed by atoms with Gasteiger partial charge in [0, 0.05) is 32.7 Å². The minimum absolute atomic E-state index is 0. The summed E-state index contributed by atoms with van der Waals surface area (Å²) in [7, 11) is 0. The Morgan fingerprint density at radius 3 is 2.32 bits per heavy atom. The third-order valence-corrected chi connectivity index (χ3v) is 3.79. The molecule has 1 aromatic carbocycles. The van der Waals surface area contributed by atoms with E-state index in [0.717, 1.165) is 0 Å². The van der Waals surface area contributed by atoms with Crippen LogP contribution < -0.4 is 0 Å². The van der Waals surface area contributed by atoms with Gasteiger partial charge in [-0.15, -0.1) is 5.70 Å². The first-order valence-corrected chi connectivity index (χ1v) is 7.05. The van der Waals surface area contributed by atoms with Crippen molar-refractivity contribution in [1.29, 1.82) is 0 Å². The number of alkyl halides is 3. The molecule has 1 atom stereocenters. The molecule has 2 rings (SSSR count). The molecule has 1 aliphatic rings. The summed E-state index contributed by atoms with van der Waals surface area (Å²) in [6, 6.07) is 0.850. The topological polar surface area (TPSA) is 20.3 Å². The van der Waals surface area contributed by atoms with E-state index in [-0.39, 0.29) is 39.1 Å². The number of hydrogen-bond acceptors (Lipinski definition) is 1. The Morgan fingerprint density at radius 2 is 1.82 bits per heavy atom. The summed E-state index contributed by atoms with van der Waals surface area (Å²) in [5.74, 6) is -4.36. The van der Waals surface area contributed by atoms with Crippen LogP contribution >= 0.6 is 22.6 Å². The van der Waals surface area contributed by atoms with Gasteiger partial charge in [0.2, 0.25) is 5.91 Å². The molecule has 0 aromatic heterocycles. The molecular formula is C13H8F5INOY-. The summed E-state index contributed by atoms with van der Waals surface area (Å²) >= 11 is 1.74. The summed E-state index contributed by atoms with van der Waals surface area (Å²) in [5, 5.41) is 0. The Hall–Kier alpha value is -0.0861. The van der Waals surface area contributed by atoms with Gasteiger partial charge in [0.15, 0.2) is 0 Å². The van der Waals surface area contributed by atoms with Gasteiger partial charge >= 0.3 is 0 Å². The second kappa shape index (κ2) is 8.14. The predicted octanol–water partition coefficient (Wildman–Crippen LogP) is 3.55. The third kappa shape index (κ3) is 4.26. The van der Waals surface area contributed by atoms with Gasteiger partial charge in [0.05, 0.1) is 22.1 Å². The fourth-order valence-corrected chi connectivity index (χ4v) is 2.52. The van der Waals surface area contributed by atoms with Crippen LogP contribution in [0.1, 0.15) is 12.0 Å². The maximum absolute atomic E-state index is 13.8. The van der Waals surface area contributed by atoms with Gasteiger partial charge in [-0.25, -0.2) is 28.0 Å². The summed E-state index contributed by atoms with van der Waals surface area (Å²) in [4.78, 5) is 12.5. The molecule has 117 valence electrons. The van der Waals surface area contributed by atoms with Crippen molar-refractivity contribution in [2.75, 3.05) is 6.54 Å². The maximum atomic E-state index is 13.8. The van der Waals surface area contributed by atoms with E-state index in [1.54, 1.807) is 22.6 Å². The van der Waals surface area contributed by atoms with E-state index in [1.165, 1.54) is 0 Å². The number of nitrogens with zero attached hydrogens (tertiary/aromatic N) is 1. The van der Waals surface area contributed by atoms with Crippen LogP contribution in [-0.2, 0) is 37.5 Å². The van der Waals surface area contributed by atoms with Crippen molar-refractivity contribution < 1.29 is 59.5 Å². The van der Waals surface area contributed by atoms with Crippen molar-refractivity contribution >= 4 is 34.2 Å². The summed E-state index contributed by atoms with van der Waals surface area (Å²) in [6.07, 6.45) is -0.293. The number of amides is 1. The van der Waals surface area contributed by atoms with Gasteiger partial charge in [0.1, 0.15) is 5.82 Å². The van der Waals surface area contributed by atoms with E-state index in [9.17, 15) is 26.7 Å². The van der Waals surface area contributed by atoms with Crippen LogP contribution in [-0.4, -0.2) is 27.7 Å². The Morgan fingerprint density at radius 1 is 1.27 bits per heavy atom. The van der Waals surface area contributed by atoms with E-state index < -0.39 is 51.5 Å². The van der Waals surface area contributed by atoms with Crippen molar-refractivity contribution in [3.8, 4) is 0 Å². The van der Waals surface area contributed by atoms with Gasteiger partial charge < -0.3 is 4.90 Å². The molecule has 1 amide bonds. The predicted molar refractivity (Wildman–Crippen MR) is 73.1 cm³/mol. The number of allylic oxidation sites excluding steroid dienone is 1. The second-order valence-electron chi connectivity index (χ2n) is 4.28. The molecule has 1 radical (unpaired) electrons. The SMILES string of the molecule is O=C1C(I)C[C-]=C(c2c(F)cc(F)cc2F)N1CC(F)F.[Y]. The van der Waals surface area contributed by atoms with Crippen molar-refractivity contribution in [3.63, 3.8) is 0 Å². The first-order valence-electron chi connectivity index (χ1n) is 5.80. The molecule has 1 unspecified atom stereocenters. The first-order chi connectivity index (χ1) is 9.81. The summed E-state index contributed by atoms with van der Waals surface area (Å²) in [5.41, 5.74) is -1.14. The summed E-state index contributed by atoms with van der Waals surface area (Å²) in [6.45, 7) is -1.00. The summed E-state index contributed by atoms with van der Waals surface area (Å²) < 4.78 is 65.0. The molecule has 1 aliphatic heterocycles. The first kappa shape index (κ1) is 20.0. The van der Waals surface area contributed by atoms with E-state index in [1.807, 2.05) is 0 Å². The van der Waals surface area contributed by atoms with E-state index >= 15 is 0 Å². The standard InChI is InChI=1S/C13H8F5INO.Y/c14-6-3-7(15)12(8(16)4-6)10-2-1-9(19)13(21)20(10)5-11(17)18;/h3-4,9,11H,1,5H2;/q-1;. The Balaban J connectivity index is 0.00000242. The molecule has 1 heterocycles. The molecule has 2 nitrogen and oxygen atoms in total. The molecule has 0 saturated heterocycles. The molecule has 0 fully saturated rings. The fraction of sp³-hybridized carbons (Fsp3) is 0.308. The van der Waals surface area contributed by atoms with Crippen LogP contribution in [0.15, 0.2) is 12.1 Å². The van der Waals surface area contributed by atoms with Gasteiger partial charge in [0.25, 0.3) is 6.43 Å². The molecule has 9 heteroatoms. The molecule has 1 aromatic rings. The van der Waals surface area contributed by atoms with Crippen LogP contribution in [0.3, 0.4) is 0 Å². The average Bonchev–Trinajstić information content (AvgIpc) is 2.36. The molecule has 0 bridgehead atoms. The fourth-order valence-electron chi connectivity index (χ4n) is 1.96. The molecule has 0 aliphatic carbocycles. The minimum atomic E-state index is -2.88. The quantitative estimate of drug-likeness (QED) is 0.267. The minimum Gasteiger partial charge on any atom is -0.341 e. The zero-order valence-corrected chi connectivity index (χ0v) is 15.9. The van der Waals surface area contributed by atoms with Crippen LogP contribution in [0.5, 0.6) is 0 Å². The largest absolute Gasteiger partial charge is 0.341 e. The monoisotopic (exact) mass is 505 g/mol. The molecule has 22 heavy (non-hydrogen) atoms. The number of rotatable bonds is 3. The van der Waals surface area contributed by atoms with Crippen LogP contribution in [0, 0.1) is 23.5 Å². The van der Waals surface area contributed by atoms with Gasteiger partial charge in [-0.05, 0) is 12.1 Å². The zero-order chi connectivity index (χ0) is 15.7. The third-order valence-electron chi connectivity index (χ3n) is 2.82. The van der Waals surface area contributed by atoms with Crippen LogP contribution in [0.4, 0.5) is 22.0 Å². The zero-order valence-electron chi connectivity index (χ0n) is 10.9. The Bertz CT molecular complexity index is 587. The van der Waals surface area contributed by atoms with E-state index in [0.29, 0.717) is 17.0 Å². The number of hydrogen-bond donors (Lipinski definition) is 0. The molecule has 0 saturated carbocycles. The van der Waals surface area contributed by atoms with E-state index in [2.05, 4.69) is 6.08 Å². The normalized spacial score (nSPS) is 18.3. The van der Waals surface area contributed by atoms with Crippen molar-refractivity contribution in [3.05, 3.63) is 41.2 Å². The molecular weight excluding hydrogens is 497 g/mol. The second-order valence-corrected chi connectivity index (χ2v) is 5.79. The number of carbonyl (C=O) groups is 1.